The van der Waals surface area contributed by atoms with Crippen molar-refractivity contribution < 1.29 is 4.79 Å². The first kappa shape index (κ1) is 13.3. The number of amides is 1. The predicted octanol–water partition coefficient (Wildman–Crippen LogP) is 2.50. The second kappa shape index (κ2) is 5.36. The highest BCUT2D eigenvalue weighted by atomic mass is 32.1. The lowest BCUT2D eigenvalue weighted by Gasteiger charge is -2.31. The molecule has 1 aliphatic heterocycles. The molecule has 2 aromatic rings. The van der Waals surface area contributed by atoms with Crippen molar-refractivity contribution in [3.8, 4) is 0 Å². The number of hydrogen-bond donors (Lipinski definition) is 1. The maximum atomic E-state index is 12.5. The Morgan fingerprint density at radius 3 is 2.95 bits per heavy atom. The number of nitrogens with one attached hydrogen (secondary N) is 1. The van der Waals surface area contributed by atoms with Crippen LogP contribution in [0.3, 0.4) is 0 Å². The Morgan fingerprint density at radius 2 is 2.30 bits per heavy atom. The van der Waals surface area contributed by atoms with E-state index in [0.29, 0.717) is 5.92 Å². The van der Waals surface area contributed by atoms with Crippen molar-refractivity contribution in [2.24, 2.45) is 0 Å². The zero-order valence-electron chi connectivity index (χ0n) is 11.7. The quantitative estimate of drug-likeness (QED) is 0.924. The monoisotopic (exact) mass is 290 g/mol. The smallest absolute Gasteiger partial charge is 0.265 e. The Hall–Kier alpha value is -1.69. The molecule has 5 nitrogen and oxygen atoms in total. The Bertz CT molecular complexity index is 618. The highest BCUT2D eigenvalue weighted by Gasteiger charge is 2.28. The highest BCUT2D eigenvalue weighted by molar-refractivity contribution is 7.11. The molecule has 0 aromatic carbocycles. The molecule has 106 valence electrons. The zero-order chi connectivity index (χ0) is 14.1. The summed E-state index contributed by atoms with van der Waals surface area (Å²) in [4.78, 5) is 27.1. The van der Waals surface area contributed by atoms with Gasteiger partial charge in [-0.25, -0.2) is 9.97 Å². The normalized spacial score (nSPS) is 19.3. The number of aryl methyl sites for hydroxylation is 2. The number of carbonyl (C=O) groups is 1. The molecule has 1 N–H and O–H groups in total. The molecule has 3 rings (SSSR count). The van der Waals surface area contributed by atoms with Crippen LogP contribution in [0.1, 0.15) is 45.6 Å². The fraction of sp³-hybridized carbons (Fsp3) is 0.500. The number of aromatic amines is 1. The minimum absolute atomic E-state index is 0.109. The van der Waals surface area contributed by atoms with Gasteiger partial charge in [0.05, 0.1) is 11.2 Å². The SMILES string of the molecule is Cc1cnc(C2CCCN(C(=O)c3scnc3C)C2)[nH]1. The fourth-order valence-electron chi connectivity index (χ4n) is 2.68. The Labute approximate surface area is 122 Å². The van der Waals surface area contributed by atoms with E-state index in [1.807, 2.05) is 24.9 Å². The van der Waals surface area contributed by atoms with Crippen LogP contribution >= 0.6 is 11.3 Å². The lowest BCUT2D eigenvalue weighted by Crippen LogP contribution is -2.39. The molecule has 1 atom stereocenters. The van der Waals surface area contributed by atoms with E-state index in [1.165, 1.54) is 11.3 Å². The summed E-state index contributed by atoms with van der Waals surface area (Å²) in [5, 5.41) is 0. The fourth-order valence-corrected chi connectivity index (χ4v) is 3.45. The third-order valence-corrected chi connectivity index (χ3v) is 4.67. The van der Waals surface area contributed by atoms with Gasteiger partial charge in [0, 0.05) is 30.9 Å². The number of aromatic nitrogens is 3. The van der Waals surface area contributed by atoms with Gasteiger partial charge in [-0.05, 0) is 26.7 Å². The molecule has 1 aliphatic rings. The standard InChI is InChI=1S/C14H18N4OS/c1-9-6-15-13(17-9)11-4-3-5-18(7-11)14(19)12-10(2)16-8-20-12/h6,8,11H,3-5,7H2,1-2H3,(H,15,17). The van der Waals surface area contributed by atoms with Gasteiger partial charge >= 0.3 is 0 Å². The third-order valence-electron chi connectivity index (χ3n) is 3.76. The Kier molecular flexibility index (Phi) is 3.56. The van der Waals surface area contributed by atoms with Crippen molar-refractivity contribution in [1.82, 2.24) is 19.9 Å². The minimum Gasteiger partial charge on any atom is -0.346 e. The first-order valence-corrected chi connectivity index (χ1v) is 7.74. The van der Waals surface area contributed by atoms with E-state index in [2.05, 4.69) is 15.0 Å². The van der Waals surface area contributed by atoms with Crippen molar-refractivity contribution in [1.29, 1.82) is 0 Å². The van der Waals surface area contributed by atoms with Gasteiger partial charge in [0.2, 0.25) is 0 Å². The molecular weight excluding hydrogens is 272 g/mol. The van der Waals surface area contributed by atoms with E-state index in [9.17, 15) is 4.79 Å². The Morgan fingerprint density at radius 1 is 1.45 bits per heavy atom. The van der Waals surface area contributed by atoms with Crippen molar-refractivity contribution in [2.45, 2.75) is 32.6 Å². The number of carbonyl (C=O) groups excluding carboxylic acids is 1. The summed E-state index contributed by atoms with van der Waals surface area (Å²) >= 11 is 1.43. The van der Waals surface area contributed by atoms with Crippen LogP contribution in [-0.4, -0.2) is 38.8 Å². The topological polar surface area (TPSA) is 61.9 Å². The maximum Gasteiger partial charge on any atom is 0.265 e. The van der Waals surface area contributed by atoms with Gasteiger partial charge < -0.3 is 9.88 Å². The highest BCUT2D eigenvalue weighted by Crippen LogP contribution is 2.27. The van der Waals surface area contributed by atoms with Crippen molar-refractivity contribution in [2.75, 3.05) is 13.1 Å². The predicted molar refractivity (Wildman–Crippen MR) is 78.1 cm³/mol. The summed E-state index contributed by atoms with van der Waals surface area (Å²) in [6.07, 6.45) is 3.95. The van der Waals surface area contributed by atoms with Crippen molar-refractivity contribution >= 4 is 17.2 Å². The van der Waals surface area contributed by atoms with Gasteiger partial charge in [-0.15, -0.1) is 11.3 Å². The molecule has 1 unspecified atom stereocenters. The summed E-state index contributed by atoms with van der Waals surface area (Å²) in [6, 6.07) is 0. The van der Waals surface area contributed by atoms with Crippen LogP contribution in [0.4, 0.5) is 0 Å². The molecule has 0 aliphatic carbocycles. The molecule has 3 heterocycles. The van der Waals surface area contributed by atoms with E-state index in [-0.39, 0.29) is 5.91 Å². The zero-order valence-corrected chi connectivity index (χ0v) is 12.5. The summed E-state index contributed by atoms with van der Waals surface area (Å²) in [5.74, 6) is 1.42. The molecule has 0 bridgehead atoms. The molecule has 6 heteroatoms. The van der Waals surface area contributed by atoms with E-state index in [0.717, 1.165) is 48.0 Å². The molecule has 0 spiro atoms. The third kappa shape index (κ3) is 2.47. The van der Waals surface area contributed by atoms with E-state index >= 15 is 0 Å². The summed E-state index contributed by atoms with van der Waals surface area (Å²) in [5.41, 5.74) is 3.64. The number of piperidine rings is 1. The number of rotatable bonds is 2. The second-order valence-corrected chi connectivity index (χ2v) is 6.16. The van der Waals surface area contributed by atoms with Crippen LogP contribution in [0.25, 0.3) is 0 Å². The Balaban J connectivity index is 1.75. The van der Waals surface area contributed by atoms with Crippen molar-refractivity contribution in [3.63, 3.8) is 0 Å². The van der Waals surface area contributed by atoms with Crippen LogP contribution in [0.15, 0.2) is 11.7 Å². The largest absolute Gasteiger partial charge is 0.346 e. The molecule has 0 saturated carbocycles. The molecule has 1 amide bonds. The van der Waals surface area contributed by atoms with Gasteiger partial charge in [-0.1, -0.05) is 0 Å². The molecule has 1 saturated heterocycles. The minimum atomic E-state index is 0.109. The molecular formula is C14H18N4OS. The van der Waals surface area contributed by atoms with E-state index in [1.54, 1.807) is 5.51 Å². The van der Waals surface area contributed by atoms with E-state index in [4.69, 9.17) is 0 Å². The van der Waals surface area contributed by atoms with Gasteiger partial charge in [-0.3, -0.25) is 4.79 Å². The number of nitrogens with zero attached hydrogens (tertiary/aromatic N) is 3. The van der Waals surface area contributed by atoms with Crippen LogP contribution in [0, 0.1) is 13.8 Å². The summed E-state index contributed by atoms with van der Waals surface area (Å²) in [6.45, 7) is 5.46. The van der Waals surface area contributed by atoms with E-state index < -0.39 is 0 Å². The molecule has 20 heavy (non-hydrogen) atoms. The second-order valence-electron chi connectivity index (χ2n) is 5.31. The number of imidazole rings is 1. The summed E-state index contributed by atoms with van der Waals surface area (Å²) in [7, 11) is 0. The van der Waals surface area contributed by atoms with Gasteiger partial charge in [-0.2, -0.15) is 0 Å². The maximum absolute atomic E-state index is 12.5. The number of hydrogen-bond acceptors (Lipinski definition) is 4. The lowest BCUT2D eigenvalue weighted by molar-refractivity contribution is 0.0709. The average molecular weight is 290 g/mol. The molecule has 0 radical (unpaired) electrons. The first-order chi connectivity index (χ1) is 9.65. The average Bonchev–Trinajstić information content (AvgIpc) is 3.07. The first-order valence-electron chi connectivity index (χ1n) is 6.86. The van der Waals surface area contributed by atoms with Crippen LogP contribution in [-0.2, 0) is 0 Å². The molecule has 1 fully saturated rings. The van der Waals surface area contributed by atoms with Gasteiger partial charge in [0.15, 0.2) is 0 Å². The number of H-pyrrole nitrogens is 1. The van der Waals surface area contributed by atoms with Crippen LogP contribution in [0.2, 0.25) is 0 Å². The van der Waals surface area contributed by atoms with Crippen LogP contribution in [0.5, 0.6) is 0 Å². The van der Waals surface area contributed by atoms with Gasteiger partial charge in [0.1, 0.15) is 10.7 Å². The molecule has 2 aromatic heterocycles. The lowest BCUT2D eigenvalue weighted by atomic mass is 9.97. The van der Waals surface area contributed by atoms with Gasteiger partial charge in [0.25, 0.3) is 5.91 Å². The number of thiazole rings is 1. The van der Waals surface area contributed by atoms with Crippen molar-refractivity contribution in [3.05, 3.63) is 33.8 Å². The summed E-state index contributed by atoms with van der Waals surface area (Å²) < 4.78 is 0. The van der Waals surface area contributed by atoms with Crippen LogP contribution < -0.4 is 0 Å². The number of likely N-dealkylation sites (tertiary alicyclic amines) is 1.